The zero-order valence-corrected chi connectivity index (χ0v) is 8.79. The van der Waals surface area contributed by atoms with Gasteiger partial charge in [-0.25, -0.2) is 4.39 Å². The molecule has 0 N–H and O–H groups in total. The number of halogens is 1. The third-order valence-electron chi connectivity index (χ3n) is 2.40. The fraction of sp³-hybridized carbons (Fsp3) is 0.154. The van der Waals surface area contributed by atoms with Gasteiger partial charge in [-0.1, -0.05) is 18.2 Å². The number of hydrogen-bond acceptors (Lipinski definition) is 1. The molecule has 0 aliphatic carbocycles. The molecule has 0 atom stereocenters. The van der Waals surface area contributed by atoms with Crippen LogP contribution in [0.5, 0.6) is 0 Å². The third kappa shape index (κ3) is 1.89. The van der Waals surface area contributed by atoms with E-state index in [-0.39, 0.29) is 5.82 Å². The lowest BCUT2D eigenvalue weighted by atomic mass is 10.0. The summed E-state index contributed by atoms with van der Waals surface area (Å²) in [7, 11) is 0. The molecule has 2 rings (SSSR count). The molecule has 0 unspecified atom stereocenters. The first-order valence-corrected chi connectivity index (χ1v) is 4.86. The van der Waals surface area contributed by atoms with Gasteiger partial charge in [0.15, 0.2) is 0 Å². The Morgan fingerprint density at radius 2 is 1.80 bits per heavy atom. The molecule has 76 valence electrons. The smallest absolute Gasteiger partial charge is 0.131 e. The van der Waals surface area contributed by atoms with E-state index < -0.39 is 0 Å². The molecular formula is C13H12FN. The number of benzene rings is 1. The highest BCUT2D eigenvalue weighted by Gasteiger charge is 2.07. The van der Waals surface area contributed by atoms with Crippen LogP contribution in [0.15, 0.2) is 36.5 Å². The van der Waals surface area contributed by atoms with Crippen LogP contribution in [-0.4, -0.2) is 4.98 Å². The molecule has 1 aromatic heterocycles. The summed E-state index contributed by atoms with van der Waals surface area (Å²) in [6.07, 6.45) is 1.77. The van der Waals surface area contributed by atoms with Crippen LogP contribution in [0, 0.1) is 19.7 Å². The number of rotatable bonds is 1. The van der Waals surface area contributed by atoms with Crippen molar-refractivity contribution in [1.29, 1.82) is 0 Å². The van der Waals surface area contributed by atoms with E-state index in [1.54, 1.807) is 18.3 Å². The van der Waals surface area contributed by atoms with E-state index in [9.17, 15) is 4.39 Å². The van der Waals surface area contributed by atoms with E-state index >= 15 is 0 Å². The van der Waals surface area contributed by atoms with Crippen LogP contribution in [-0.2, 0) is 0 Å². The van der Waals surface area contributed by atoms with Crippen LogP contribution in [0.25, 0.3) is 11.1 Å². The average molecular weight is 201 g/mol. The predicted molar refractivity (Wildman–Crippen MR) is 59.1 cm³/mol. The minimum absolute atomic E-state index is 0.189. The molecule has 0 aliphatic heterocycles. The van der Waals surface area contributed by atoms with Gasteiger partial charge < -0.3 is 0 Å². The van der Waals surface area contributed by atoms with Gasteiger partial charge >= 0.3 is 0 Å². The van der Waals surface area contributed by atoms with Gasteiger partial charge in [-0.3, -0.25) is 4.98 Å². The summed E-state index contributed by atoms with van der Waals surface area (Å²) in [6, 6.07) is 8.71. The van der Waals surface area contributed by atoms with Crippen molar-refractivity contribution in [1.82, 2.24) is 4.98 Å². The molecule has 1 heterocycles. The minimum atomic E-state index is -0.189. The Bertz CT molecular complexity index is 492. The van der Waals surface area contributed by atoms with Crippen molar-refractivity contribution in [3.8, 4) is 11.1 Å². The second kappa shape index (κ2) is 3.81. The number of pyridine rings is 1. The monoisotopic (exact) mass is 201 g/mol. The van der Waals surface area contributed by atoms with Gasteiger partial charge in [-0.2, -0.15) is 0 Å². The Balaban J connectivity index is 2.64. The second-order valence-electron chi connectivity index (χ2n) is 3.62. The topological polar surface area (TPSA) is 12.9 Å². The van der Waals surface area contributed by atoms with E-state index in [1.807, 2.05) is 26.0 Å². The fourth-order valence-corrected chi connectivity index (χ4v) is 1.60. The summed E-state index contributed by atoms with van der Waals surface area (Å²) in [4.78, 5) is 4.17. The maximum absolute atomic E-state index is 13.6. The molecule has 0 saturated carbocycles. The zero-order valence-electron chi connectivity index (χ0n) is 8.79. The van der Waals surface area contributed by atoms with E-state index in [1.165, 1.54) is 6.07 Å². The molecule has 0 aliphatic rings. The highest BCUT2D eigenvalue weighted by molar-refractivity contribution is 5.67. The highest BCUT2D eigenvalue weighted by Crippen LogP contribution is 2.25. The van der Waals surface area contributed by atoms with Gasteiger partial charge in [-0.05, 0) is 37.1 Å². The zero-order chi connectivity index (χ0) is 10.8. The summed E-state index contributed by atoms with van der Waals surface area (Å²) in [6.45, 7) is 3.85. The lowest BCUT2D eigenvalue weighted by molar-refractivity contribution is 0.631. The van der Waals surface area contributed by atoms with E-state index in [0.717, 1.165) is 16.8 Å². The Kier molecular flexibility index (Phi) is 2.50. The van der Waals surface area contributed by atoms with Crippen molar-refractivity contribution in [2.24, 2.45) is 0 Å². The predicted octanol–water partition coefficient (Wildman–Crippen LogP) is 3.50. The lowest BCUT2D eigenvalue weighted by Gasteiger charge is -2.07. The summed E-state index contributed by atoms with van der Waals surface area (Å²) in [5.74, 6) is -0.189. The maximum Gasteiger partial charge on any atom is 0.131 e. The average Bonchev–Trinajstić information content (AvgIpc) is 2.23. The van der Waals surface area contributed by atoms with Gasteiger partial charge in [0.1, 0.15) is 5.82 Å². The number of hydrogen-bond donors (Lipinski definition) is 0. The third-order valence-corrected chi connectivity index (χ3v) is 2.40. The number of nitrogens with zero attached hydrogens (tertiary/aromatic N) is 1. The summed E-state index contributed by atoms with van der Waals surface area (Å²) < 4.78 is 13.6. The fourth-order valence-electron chi connectivity index (χ4n) is 1.60. The van der Waals surface area contributed by atoms with Crippen LogP contribution >= 0.6 is 0 Å². The molecule has 0 bridgehead atoms. The maximum atomic E-state index is 13.6. The van der Waals surface area contributed by atoms with E-state index in [2.05, 4.69) is 4.98 Å². The van der Waals surface area contributed by atoms with Gasteiger partial charge in [-0.15, -0.1) is 0 Å². The summed E-state index contributed by atoms with van der Waals surface area (Å²) in [5.41, 5.74) is 3.45. The number of aryl methyl sites for hydroxylation is 2. The molecule has 0 radical (unpaired) electrons. The lowest BCUT2D eigenvalue weighted by Crippen LogP contribution is -1.90. The molecule has 15 heavy (non-hydrogen) atoms. The normalized spacial score (nSPS) is 10.3. The SMILES string of the molecule is Cc1cc(-c2ccccc2F)c(C)cn1. The molecule has 2 aromatic rings. The summed E-state index contributed by atoms with van der Waals surface area (Å²) >= 11 is 0. The second-order valence-corrected chi connectivity index (χ2v) is 3.62. The van der Waals surface area contributed by atoms with E-state index in [0.29, 0.717) is 5.56 Å². The quantitative estimate of drug-likeness (QED) is 0.688. The largest absolute Gasteiger partial charge is 0.261 e. The Morgan fingerprint density at radius 1 is 1.07 bits per heavy atom. The molecule has 0 amide bonds. The van der Waals surface area contributed by atoms with Crippen LogP contribution in [0.4, 0.5) is 4.39 Å². The van der Waals surface area contributed by atoms with Crippen molar-refractivity contribution >= 4 is 0 Å². The van der Waals surface area contributed by atoms with Gasteiger partial charge in [0, 0.05) is 17.5 Å². The van der Waals surface area contributed by atoms with Crippen LogP contribution < -0.4 is 0 Å². The Morgan fingerprint density at radius 3 is 2.53 bits per heavy atom. The van der Waals surface area contributed by atoms with E-state index in [4.69, 9.17) is 0 Å². The van der Waals surface area contributed by atoms with Crippen molar-refractivity contribution in [3.63, 3.8) is 0 Å². The highest BCUT2D eigenvalue weighted by atomic mass is 19.1. The Labute approximate surface area is 88.6 Å². The van der Waals surface area contributed by atoms with Gasteiger partial charge in [0.25, 0.3) is 0 Å². The van der Waals surface area contributed by atoms with Crippen molar-refractivity contribution in [2.45, 2.75) is 13.8 Å². The first-order valence-electron chi connectivity index (χ1n) is 4.86. The van der Waals surface area contributed by atoms with Gasteiger partial charge in [0.05, 0.1) is 0 Å². The molecule has 0 saturated heterocycles. The Hall–Kier alpha value is -1.70. The standard InChI is InChI=1S/C13H12FN/c1-9-8-15-10(2)7-12(9)11-5-3-4-6-13(11)14/h3-8H,1-2H3. The molecule has 0 spiro atoms. The van der Waals surface area contributed by atoms with Crippen molar-refractivity contribution in [3.05, 3.63) is 53.6 Å². The summed E-state index contributed by atoms with van der Waals surface area (Å²) in [5, 5.41) is 0. The molecule has 1 aromatic carbocycles. The van der Waals surface area contributed by atoms with Gasteiger partial charge in [0.2, 0.25) is 0 Å². The number of aromatic nitrogens is 1. The van der Waals surface area contributed by atoms with Crippen LogP contribution in [0.2, 0.25) is 0 Å². The van der Waals surface area contributed by atoms with Crippen LogP contribution in [0.3, 0.4) is 0 Å². The molecular weight excluding hydrogens is 189 g/mol. The minimum Gasteiger partial charge on any atom is -0.261 e. The van der Waals surface area contributed by atoms with Crippen molar-refractivity contribution in [2.75, 3.05) is 0 Å². The van der Waals surface area contributed by atoms with Crippen molar-refractivity contribution < 1.29 is 4.39 Å². The first-order chi connectivity index (χ1) is 7.18. The van der Waals surface area contributed by atoms with Crippen LogP contribution in [0.1, 0.15) is 11.3 Å². The molecule has 2 heteroatoms. The first kappa shape index (κ1) is 9.84. The molecule has 0 fully saturated rings. The molecule has 1 nitrogen and oxygen atoms in total.